The summed E-state index contributed by atoms with van der Waals surface area (Å²) >= 11 is 0. The molecule has 1 aromatic rings. The van der Waals surface area contributed by atoms with Crippen molar-refractivity contribution in [2.75, 3.05) is 26.2 Å². The van der Waals surface area contributed by atoms with E-state index in [2.05, 4.69) is 10.6 Å². The number of piperidine rings is 1. The van der Waals surface area contributed by atoms with Crippen LogP contribution in [0.5, 0.6) is 0 Å². The van der Waals surface area contributed by atoms with Gasteiger partial charge in [-0.15, -0.1) is 0 Å². The topological polar surface area (TPSA) is 132 Å². The van der Waals surface area contributed by atoms with Crippen molar-refractivity contribution in [1.29, 1.82) is 0 Å². The first kappa shape index (κ1) is 22.4. The highest BCUT2D eigenvalue weighted by atomic mass is 16.3. The van der Waals surface area contributed by atoms with Crippen molar-refractivity contribution in [3.63, 3.8) is 0 Å². The molecule has 1 aromatic heterocycles. The summed E-state index contributed by atoms with van der Waals surface area (Å²) in [5, 5.41) is 5.96. The lowest BCUT2D eigenvalue weighted by Gasteiger charge is -2.31. The van der Waals surface area contributed by atoms with E-state index in [0.29, 0.717) is 45.3 Å². The molecule has 5 rings (SSSR count). The van der Waals surface area contributed by atoms with E-state index in [0.717, 1.165) is 0 Å². The third kappa shape index (κ3) is 3.92. The molecule has 0 bridgehead atoms. The number of carbonyl (C=O) groups is 5. The second-order valence-corrected chi connectivity index (χ2v) is 9.55. The van der Waals surface area contributed by atoms with E-state index in [4.69, 9.17) is 4.42 Å². The van der Waals surface area contributed by atoms with Gasteiger partial charge in [-0.05, 0) is 37.8 Å². The van der Waals surface area contributed by atoms with E-state index in [1.54, 1.807) is 17.0 Å². The minimum Gasteiger partial charge on any atom is -0.459 e. The summed E-state index contributed by atoms with van der Waals surface area (Å²) in [6.07, 6.45) is 3.43. The quantitative estimate of drug-likeness (QED) is 0.601. The molecule has 2 N–H and O–H groups in total. The van der Waals surface area contributed by atoms with E-state index >= 15 is 0 Å². The minimum absolute atomic E-state index is 0.0110. The van der Waals surface area contributed by atoms with Crippen LogP contribution < -0.4 is 10.6 Å². The van der Waals surface area contributed by atoms with Crippen LogP contribution in [-0.2, 0) is 19.2 Å². The smallest absolute Gasteiger partial charge is 0.290 e. The summed E-state index contributed by atoms with van der Waals surface area (Å²) in [6, 6.07) is 0.917. The number of furan rings is 1. The van der Waals surface area contributed by atoms with Gasteiger partial charge in [0, 0.05) is 45.1 Å². The number of hydrogen-bond acceptors (Lipinski definition) is 6. The molecule has 4 fully saturated rings. The van der Waals surface area contributed by atoms with Crippen LogP contribution in [0.3, 0.4) is 0 Å². The van der Waals surface area contributed by atoms with Gasteiger partial charge < -0.3 is 29.8 Å². The minimum atomic E-state index is -0.795. The number of amides is 5. The van der Waals surface area contributed by atoms with Crippen LogP contribution in [0, 0.1) is 5.92 Å². The third-order valence-corrected chi connectivity index (χ3v) is 7.52. The van der Waals surface area contributed by atoms with Crippen LogP contribution in [0.15, 0.2) is 22.8 Å². The van der Waals surface area contributed by atoms with Crippen molar-refractivity contribution in [2.45, 2.75) is 56.8 Å². The van der Waals surface area contributed by atoms with Crippen molar-refractivity contribution in [3.8, 4) is 0 Å². The lowest BCUT2D eigenvalue weighted by atomic mass is 9.95. The molecular formula is C23H29N5O6. The van der Waals surface area contributed by atoms with Crippen molar-refractivity contribution >= 4 is 29.5 Å². The summed E-state index contributed by atoms with van der Waals surface area (Å²) in [4.78, 5) is 68.5. The van der Waals surface area contributed by atoms with Gasteiger partial charge in [-0.2, -0.15) is 0 Å². The number of fused-ring (bicyclic) bond motifs is 2. The van der Waals surface area contributed by atoms with Gasteiger partial charge in [0.1, 0.15) is 12.1 Å². The fraction of sp³-hybridized carbons (Fsp3) is 0.609. The molecule has 182 valence electrons. The molecule has 11 nitrogen and oxygen atoms in total. The van der Waals surface area contributed by atoms with Crippen LogP contribution in [-0.4, -0.2) is 94.6 Å². The Morgan fingerprint density at radius 1 is 1.12 bits per heavy atom. The van der Waals surface area contributed by atoms with Gasteiger partial charge in [0.25, 0.3) is 5.91 Å². The maximum absolute atomic E-state index is 13.5. The summed E-state index contributed by atoms with van der Waals surface area (Å²) in [5.74, 6) is -1.04. The number of likely N-dealkylation sites (tertiary alicyclic amines) is 2. The molecule has 11 heteroatoms. The van der Waals surface area contributed by atoms with E-state index in [9.17, 15) is 24.0 Å². The number of carbonyl (C=O) groups excluding carboxylic acids is 5. The second-order valence-electron chi connectivity index (χ2n) is 9.55. The SMILES string of the molecule is CC(=O)N1CCC(C(=O)N[C@H]2C[C@@H]3C(=O)N[C@H]4CCN(C(=O)c5ccco5)[C@@H]4C(=O)N3C2)CC1. The Morgan fingerprint density at radius 3 is 2.56 bits per heavy atom. The van der Waals surface area contributed by atoms with E-state index < -0.39 is 18.1 Å². The fourth-order valence-electron chi connectivity index (χ4n) is 5.68. The Hall–Kier alpha value is -3.37. The average Bonchev–Trinajstić information content (AvgIpc) is 3.57. The summed E-state index contributed by atoms with van der Waals surface area (Å²) in [6.45, 7) is 3.20. The molecule has 0 aliphatic carbocycles. The lowest BCUT2D eigenvalue weighted by molar-refractivity contribution is -0.138. The first-order chi connectivity index (χ1) is 16.3. The molecule has 34 heavy (non-hydrogen) atoms. The molecule has 5 amide bonds. The number of nitrogens with one attached hydrogen (secondary N) is 2. The van der Waals surface area contributed by atoms with Crippen molar-refractivity contribution in [2.24, 2.45) is 5.92 Å². The number of nitrogens with zero attached hydrogens (tertiary/aromatic N) is 3. The number of hydrogen-bond donors (Lipinski definition) is 2. The Kier molecular flexibility index (Phi) is 5.78. The van der Waals surface area contributed by atoms with Crippen LogP contribution >= 0.6 is 0 Å². The third-order valence-electron chi connectivity index (χ3n) is 7.52. The molecule has 4 aliphatic rings. The standard InChI is InChI=1S/C23H29N5O6/c1-13(29)26-7-4-14(5-8-26)20(30)24-15-11-17-21(31)25-16-6-9-27(19(16)23(33)28(17)12-15)22(32)18-3-2-10-34-18/h2-3,10,14-17,19H,4-9,11-12H2,1H3,(H,24,30)(H,25,31)/t15-,16-,17+,19-/m0/s1. The predicted molar refractivity (Wildman–Crippen MR) is 117 cm³/mol. The predicted octanol–water partition coefficient (Wildman–Crippen LogP) is -0.663. The zero-order chi connectivity index (χ0) is 24.0. The van der Waals surface area contributed by atoms with Gasteiger partial charge in [-0.3, -0.25) is 24.0 Å². The molecule has 5 heterocycles. The molecule has 0 unspecified atom stereocenters. The summed E-state index contributed by atoms with van der Waals surface area (Å²) in [7, 11) is 0. The molecule has 0 radical (unpaired) electrons. The summed E-state index contributed by atoms with van der Waals surface area (Å²) in [5.41, 5.74) is 0. The lowest BCUT2D eigenvalue weighted by Crippen LogP contribution is -2.52. The second kappa shape index (κ2) is 8.77. The van der Waals surface area contributed by atoms with E-state index in [1.165, 1.54) is 23.0 Å². The van der Waals surface area contributed by atoms with Crippen LogP contribution in [0.1, 0.15) is 43.2 Å². The molecule has 4 aliphatic heterocycles. The molecule has 0 saturated carbocycles. The highest BCUT2D eigenvalue weighted by Crippen LogP contribution is 2.30. The fourth-order valence-corrected chi connectivity index (χ4v) is 5.68. The van der Waals surface area contributed by atoms with Crippen molar-refractivity contribution < 1.29 is 28.4 Å². The zero-order valence-corrected chi connectivity index (χ0v) is 19.1. The van der Waals surface area contributed by atoms with Gasteiger partial charge in [-0.25, -0.2) is 0 Å². The van der Waals surface area contributed by atoms with Crippen LogP contribution in [0.2, 0.25) is 0 Å². The first-order valence-corrected chi connectivity index (χ1v) is 11.8. The van der Waals surface area contributed by atoms with Gasteiger partial charge in [0.2, 0.25) is 23.6 Å². The maximum Gasteiger partial charge on any atom is 0.290 e. The molecule has 0 spiro atoms. The molecule has 4 atom stereocenters. The van der Waals surface area contributed by atoms with Crippen molar-refractivity contribution in [3.05, 3.63) is 24.2 Å². The largest absolute Gasteiger partial charge is 0.459 e. The summed E-state index contributed by atoms with van der Waals surface area (Å²) < 4.78 is 5.23. The van der Waals surface area contributed by atoms with Gasteiger partial charge >= 0.3 is 0 Å². The zero-order valence-electron chi connectivity index (χ0n) is 19.1. The Balaban J connectivity index is 1.25. The first-order valence-electron chi connectivity index (χ1n) is 11.8. The van der Waals surface area contributed by atoms with Gasteiger partial charge in [-0.1, -0.05) is 0 Å². The molecular weight excluding hydrogens is 442 g/mol. The Bertz CT molecular complexity index is 1000. The maximum atomic E-state index is 13.5. The van der Waals surface area contributed by atoms with Gasteiger partial charge in [0.15, 0.2) is 5.76 Å². The van der Waals surface area contributed by atoms with Crippen LogP contribution in [0.4, 0.5) is 0 Å². The van der Waals surface area contributed by atoms with Crippen molar-refractivity contribution in [1.82, 2.24) is 25.3 Å². The van der Waals surface area contributed by atoms with E-state index in [1.807, 2.05) is 0 Å². The van der Waals surface area contributed by atoms with E-state index in [-0.39, 0.29) is 53.8 Å². The normalized spacial score (nSPS) is 29.4. The highest BCUT2D eigenvalue weighted by molar-refractivity contribution is 5.99. The van der Waals surface area contributed by atoms with Gasteiger partial charge in [0.05, 0.1) is 12.3 Å². The van der Waals surface area contributed by atoms with Crippen LogP contribution in [0.25, 0.3) is 0 Å². The Labute approximate surface area is 196 Å². The number of rotatable bonds is 3. The highest BCUT2D eigenvalue weighted by Gasteiger charge is 2.52. The average molecular weight is 472 g/mol. The molecule has 0 aromatic carbocycles. The monoisotopic (exact) mass is 471 g/mol. The molecule has 4 saturated heterocycles. The Morgan fingerprint density at radius 2 is 1.88 bits per heavy atom.